The molecule has 1 aromatic heterocycles. The van der Waals surface area contributed by atoms with E-state index in [9.17, 15) is 18.4 Å². The molecule has 0 N–H and O–H groups in total. The van der Waals surface area contributed by atoms with Gasteiger partial charge in [-0.3, -0.25) is 4.79 Å². The van der Waals surface area contributed by atoms with Crippen molar-refractivity contribution in [1.82, 2.24) is 4.57 Å². The van der Waals surface area contributed by atoms with Gasteiger partial charge >= 0.3 is 5.97 Å². The van der Waals surface area contributed by atoms with Crippen LogP contribution in [0.2, 0.25) is 0 Å². The highest BCUT2D eigenvalue weighted by atomic mass is 19.1. The summed E-state index contributed by atoms with van der Waals surface area (Å²) < 4.78 is 40.3. The van der Waals surface area contributed by atoms with E-state index in [1.165, 1.54) is 31.9 Å². The summed E-state index contributed by atoms with van der Waals surface area (Å²) in [5.41, 5.74) is 0.157. The molecule has 1 heterocycles. The Balaban J connectivity index is 0.00000166. The topological polar surface area (TPSA) is 57.5 Å². The first-order valence-electron chi connectivity index (χ1n) is 9.71. The predicted octanol–water partition coefficient (Wildman–Crippen LogP) is 5.33. The zero-order chi connectivity index (χ0) is 23.3. The molecule has 0 radical (unpaired) electrons. The number of nitrogens with zero attached hydrogens (tertiary/aromatic N) is 1. The molecule has 0 atom stereocenters. The van der Waals surface area contributed by atoms with Crippen molar-refractivity contribution in [3.63, 3.8) is 0 Å². The molecule has 0 fully saturated rings. The van der Waals surface area contributed by atoms with Crippen molar-refractivity contribution in [2.75, 3.05) is 14.2 Å². The van der Waals surface area contributed by atoms with Gasteiger partial charge < -0.3 is 14.0 Å². The lowest BCUT2D eigenvalue weighted by atomic mass is 9.93. The molecular formula is C24H25F2NO4. The van der Waals surface area contributed by atoms with Crippen LogP contribution in [0.5, 0.6) is 5.75 Å². The van der Waals surface area contributed by atoms with Crippen molar-refractivity contribution in [2.24, 2.45) is 7.05 Å². The number of methoxy groups -OCH3 is 2. The summed E-state index contributed by atoms with van der Waals surface area (Å²) in [5.74, 6) is -2.04. The van der Waals surface area contributed by atoms with Crippen molar-refractivity contribution in [2.45, 2.75) is 20.8 Å². The first-order valence-corrected chi connectivity index (χ1v) is 9.71. The number of ether oxygens (including phenoxy) is 2. The fourth-order valence-corrected chi connectivity index (χ4v) is 3.26. The summed E-state index contributed by atoms with van der Waals surface area (Å²) in [6.07, 6.45) is 1.38. The van der Waals surface area contributed by atoms with Crippen LogP contribution >= 0.6 is 0 Å². The second-order valence-electron chi connectivity index (χ2n) is 6.46. The maximum Gasteiger partial charge on any atom is 0.340 e. The van der Waals surface area contributed by atoms with E-state index in [-0.39, 0.29) is 27.9 Å². The molecule has 5 nitrogen and oxygen atoms in total. The van der Waals surface area contributed by atoms with Gasteiger partial charge in [-0.2, -0.15) is 0 Å². The minimum atomic E-state index is -0.757. The summed E-state index contributed by atoms with van der Waals surface area (Å²) >= 11 is 0. The molecule has 3 aromatic rings. The molecule has 164 valence electrons. The van der Waals surface area contributed by atoms with Gasteiger partial charge in [0.2, 0.25) is 5.78 Å². The lowest BCUT2D eigenvalue weighted by molar-refractivity contribution is 0.0601. The molecule has 3 rings (SSSR count). The number of hydrogen-bond donors (Lipinski definition) is 0. The van der Waals surface area contributed by atoms with E-state index in [1.807, 2.05) is 13.8 Å². The van der Waals surface area contributed by atoms with Crippen LogP contribution < -0.4 is 4.74 Å². The summed E-state index contributed by atoms with van der Waals surface area (Å²) in [7, 11) is 4.24. The third kappa shape index (κ3) is 4.50. The van der Waals surface area contributed by atoms with E-state index in [2.05, 4.69) is 0 Å². The molecule has 0 bridgehead atoms. The molecule has 0 amide bonds. The Morgan fingerprint density at radius 1 is 0.903 bits per heavy atom. The number of carbonyl (C=O) groups is 2. The number of esters is 1. The number of aryl methyl sites for hydroxylation is 1. The summed E-state index contributed by atoms with van der Waals surface area (Å²) in [4.78, 5) is 25.6. The van der Waals surface area contributed by atoms with Crippen LogP contribution in [-0.2, 0) is 11.8 Å². The average Bonchev–Trinajstić information content (AvgIpc) is 3.13. The largest absolute Gasteiger partial charge is 0.497 e. The SMILES string of the molecule is CC.COC(=O)c1cn(C)c(C(=O)c2ccc(OC)cc2)c1-c1c(F)ccc(F)c1C. The summed E-state index contributed by atoms with van der Waals surface area (Å²) in [5, 5.41) is 0. The maximum atomic E-state index is 14.8. The van der Waals surface area contributed by atoms with Gasteiger partial charge in [-0.05, 0) is 48.9 Å². The standard InChI is InChI=1S/C22H19F2NO4.C2H6/c1-12-16(23)9-10-17(24)18(12)19-15(22(27)29-4)11-25(2)20(19)21(26)13-5-7-14(28-3)8-6-13;1-2/h5-11H,1-4H3;1-2H3. The van der Waals surface area contributed by atoms with E-state index >= 15 is 0 Å². The predicted molar refractivity (Wildman–Crippen MR) is 115 cm³/mol. The van der Waals surface area contributed by atoms with E-state index in [0.717, 1.165) is 12.1 Å². The lowest BCUT2D eigenvalue weighted by Crippen LogP contribution is -2.10. The summed E-state index contributed by atoms with van der Waals surface area (Å²) in [6.45, 7) is 5.39. The van der Waals surface area contributed by atoms with Crippen LogP contribution in [0.25, 0.3) is 11.1 Å². The Kier molecular flexibility index (Phi) is 7.69. The quantitative estimate of drug-likeness (QED) is 0.406. The fourth-order valence-electron chi connectivity index (χ4n) is 3.26. The Morgan fingerprint density at radius 3 is 2.03 bits per heavy atom. The fraction of sp³-hybridized carbons (Fsp3) is 0.250. The molecule has 0 spiro atoms. The Hall–Kier alpha value is -3.48. The monoisotopic (exact) mass is 429 g/mol. The maximum absolute atomic E-state index is 14.8. The zero-order valence-electron chi connectivity index (χ0n) is 18.4. The number of ketones is 1. The van der Waals surface area contributed by atoms with Gasteiger partial charge in [0.05, 0.1) is 25.5 Å². The van der Waals surface area contributed by atoms with Crippen molar-refractivity contribution < 1.29 is 27.8 Å². The third-order valence-corrected chi connectivity index (χ3v) is 4.75. The van der Waals surface area contributed by atoms with E-state index in [1.54, 1.807) is 31.3 Å². The van der Waals surface area contributed by atoms with Gasteiger partial charge in [0, 0.05) is 29.9 Å². The molecular weight excluding hydrogens is 404 g/mol. The lowest BCUT2D eigenvalue weighted by Gasteiger charge is -2.13. The molecule has 0 aliphatic heterocycles. The normalized spacial score (nSPS) is 10.2. The first kappa shape index (κ1) is 23.8. The number of rotatable bonds is 5. The highest BCUT2D eigenvalue weighted by Crippen LogP contribution is 2.36. The number of hydrogen-bond acceptors (Lipinski definition) is 4. The van der Waals surface area contributed by atoms with Crippen LogP contribution in [0, 0.1) is 18.6 Å². The van der Waals surface area contributed by atoms with Crippen molar-refractivity contribution in [3.8, 4) is 16.9 Å². The smallest absolute Gasteiger partial charge is 0.340 e. The highest BCUT2D eigenvalue weighted by molar-refractivity contribution is 6.15. The van der Waals surface area contributed by atoms with Crippen molar-refractivity contribution in [3.05, 3.63) is 76.6 Å². The molecule has 31 heavy (non-hydrogen) atoms. The van der Waals surface area contributed by atoms with Gasteiger partial charge in [-0.25, -0.2) is 13.6 Å². The number of aromatic nitrogens is 1. The molecule has 0 saturated carbocycles. The number of halogens is 2. The second-order valence-corrected chi connectivity index (χ2v) is 6.46. The summed E-state index contributed by atoms with van der Waals surface area (Å²) in [6, 6.07) is 8.32. The van der Waals surface area contributed by atoms with Crippen LogP contribution in [0.15, 0.2) is 42.6 Å². The Morgan fingerprint density at radius 2 is 1.48 bits per heavy atom. The van der Waals surface area contributed by atoms with E-state index in [0.29, 0.717) is 11.3 Å². The first-order chi connectivity index (χ1) is 14.8. The molecule has 0 saturated heterocycles. The molecule has 2 aromatic carbocycles. The molecule has 0 aliphatic rings. The van der Waals surface area contributed by atoms with Gasteiger partial charge in [-0.15, -0.1) is 0 Å². The number of benzene rings is 2. The van der Waals surface area contributed by atoms with Gasteiger partial charge in [-0.1, -0.05) is 13.8 Å². The van der Waals surface area contributed by atoms with Gasteiger partial charge in [0.15, 0.2) is 0 Å². The van der Waals surface area contributed by atoms with Gasteiger partial charge in [0.25, 0.3) is 0 Å². The molecule has 0 aliphatic carbocycles. The van der Waals surface area contributed by atoms with Crippen LogP contribution in [0.3, 0.4) is 0 Å². The Bertz CT molecular complexity index is 1100. The van der Waals surface area contributed by atoms with E-state index in [4.69, 9.17) is 9.47 Å². The van der Waals surface area contributed by atoms with E-state index < -0.39 is 23.4 Å². The van der Waals surface area contributed by atoms with Crippen molar-refractivity contribution in [1.29, 1.82) is 0 Å². The molecule has 0 unspecified atom stereocenters. The van der Waals surface area contributed by atoms with Crippen LogP contribution in [0.4, 0.5) is 8.78 Å². The second kappa shape index (κ2) is 10.0. The van der Waals surface area contributed by atoms with Gasteiger partial charge in [0.1, 0.15) is 17.4 Å². The minimum absolute atomic E-state index is 0.00494. The molecule has 7 heteroatoms. The Labute approximate surface area is 180 Å². The average molecular weight is 429 g/mol. The zero-order valence-corrected chi connectivity index (χ0v) is 18.4. The third-order valence-electron chi connectivity index (χ3n) is 4.75. The highest BCUT2D eigenvalue weighted by Gasteiger charge is 2.29. The van der Waals surface area contributed by atoms with Crippen LogP contribution in [-0.4, -0.2) is 30.5 Å². The van der Waals surface area contributed by atoms with Crippen molar-refractivity contribution >= 4 is 11.8 Å². The minimum Gasteiger partial charge on any atom is -0.497 e. The number of carbonyl (C=O) groups excluding carboxylic acids is 2. The van der Waals surface area contributed by atoms with Crippen LogP contribution in [0.1, 0.15) is 45.8 Å².